The van der Waals surface area contributed by atoms with Crippen LogP contribution >= 0.6 is 11.8 Å². The third kappa shape index (κ3) is 1.42. The number of methoxy groups -OCH3 is 1. The summed E-state index contributed by atoms with van der Waals surface area (Å²) in [6.07, 6.45) is 1.71. The van der Waals surface area contributed by atoms with E-state index in [0.717, 1.165) is 17.0 Å². The van der Waals surface area contributed by atoms with Gasteiger partial charge in [0.1, 0.15) is 5.25 Å². The topological polar surface area (TPSA) is 39.2 Å². The first-order chi connectivity index (χ1) is 6.33. The van der Waals surface area contributed by atoms with E-state index >= 15 is 0 Å². The molecule has 0 fully saturated rings. The number of carbonyl (C=O) groups is 1. The van der Waals surface area contributed by atoms with Crippen LogP contribution in [0.15, 0.2) is 18.3 Å². The van der Waals surface area contributed by atoms with Gasteiger partial charge in [0.25, 0.3) is 0 Å². The Morgan fingerprint density at radius 3 is 3.38 bits per heavy atom. The summed E-state index contributed by atoms with van der Waals surface area (Å²) in [5.74, 6) is 0.644. The molecule has 0 spiro atoms. The summed E-state index contributed by atoms with van der Waals surface area (Å²) in [6, 6.07) is 3.89. The van der Waals surface area contributed by atoms with E-state index in [2.05, 4.69) is 4.98 Å². The van der Waals surface area contributed by atoms with E-state index < -0.39 is 0 Å². The van der Waals surface area contributed by atoms with Crippen LogP contribution in [0.4, 0.5) is 0 Å². The maximum atomic E-state index is 11.3. The number of hydrogen-bond acceptors (Lipinski definition) is 4. The molecule has 0 radical (unpaired) electrons. The van der Waals surface area contributed by atoms with Gasteiger partial charge in [-0.25, -0.2) is 0 Å². The fraction of sp³-hybridized carbons (Fsp3) is 0.333. The molecule has 1 atom stereocenters. The van der Waals surface area contributed by atoms with Crippen LogP contribution in [-0.4, -0.2) is 18.1 Å². The smallest absolute Gasteiger partial charge is 0.324 e. The molecule has 3 nitrogen and oxygen atoms in total. The molecule has 0 aromatic carbocycles. The third-order valence-electron chi connectivity index (χ3n) is 2.00. The molecule has 1 unspecified atom stereocenters. The molecule has 1 aromatic heterocycles. The molecule has 0 saturated carbocycles. The summed E-state index contributed by atoms with van der Waals surface area (Å²) in [5.41, 5.74) is 2.00. The van der Waals surface area contributed by atoms with Crippen molar-refractivity contribution in [1.82, 2.24) is 4.98 Å². The van der Waals surface area contributed by atoms with Crippen molar-refractivity contribution in [3.8, 4) is 0 Å². The third-order valence-corrected chi connectivity index (χ3v) is 3.22. The number of nitrogens with zero attached hydrogens (tertiary/aromatic N) is 1. The van der Waals surface area contributed by atoms with Crippen molar-refractivity contribution < 1.29 is 9.53 Å². The van der Waals surface area contributed by atoms with Crippen molar-refractivity contribution >= 4 is 17.7 Å². The van der Waals surface area contributed by atoms with E-state index in [1.165, 1.54) is 7.11 Å². The summed E-state index contributed by atoms with van der Waals surface area (Å²) in [5, 5.41) is -0.221. The highest BCUT2D eigenvalue weighted by Crippen LogP contribution is 2.40. The van der Waals surface area contributed by atoms with Gasteiger partial charge in [0, 0.05) is 11.9 Å². The fourth-order valence-corrected chi connectivity index (χ4v) is 2.54. The monoisotopic (exact) mass is 195 g/mol. The standard InChI is InChI=1S/C9H9NO2S/c1-12-9(11)8-7-6(5-13-8)3-2-4-10-7/h2-4,8H,5H2,1H3. The second-order valence-corrected chi connectivity index (χ2v) is 3.86. The zero-order chi connectivity index (χ0) is 9.26. The normalized spacial score (nSPS) is 19.6. The van der Waals surface area contributed by atoms with Gasteiger partial charge in [-0.3, -0.25) is 9.78 Å². The number of thioether (sulfide) groups is 1. The molecule has 2 rings (SSSR count). The molecule has 1 aliphatic heterocycles. The molecular formula is C9H9NO2S. The summed E-state index contributed by atoms with van der Waals surface area (Å²) < 4.78 is 4.69. The van der Waals surface area contributed by atoms with Gasteiger partial charge in [-0.05, 0) is 11.6 Å². The van der Waals surface area contributed by atoms with Gasteiger partial charge in [-0.1, -0.05) is 6.07 Å². The lowest BCUT2D eigenvalue weighted by atomic mass is 10.2. The van der Waals surface area contributed by atoms with Gasteiger partial charge in [0.2, 0.25) is 0 Å². The number of fused-ring (bicyclic) bond motifs is 1. The van der Waals surface area contributed by atoms with Crippen LogP contribution in [0.3, 0.4) is 0 Å². The second kappa shape index (κ2) is 3.38. The minimum Gasteiger partial charge on any atom is -0.468 e. The van der Waals surface area contributed by atoms with E-state index in [-0.39, 0.29) is 11.2 Å². The van der Waals surface area contributed by atoms with Crippen LogP contribution in [0.1, 0.15) is 16.5 Å². The van der Waals surface area contributed by atoms with Crippen LogP contribution in [0.2, 0.25) is 0 Å². The Morgan fingerprint density at radius 1 is 1.77 bits per heavy atom. The number of rotatable bonds is 1. The minimum absolute atomic E-state index is 0.206. The van der Waals surface area contributed by atoms with E-state index in [1.54, 1.807) is 18.0 Å². The first kappa shape index (κ1) is 8.56. The molecule has 2 heterocycles. The fourth-order valence-electron chi connectivity index (χ4n) is 1.35. The van der Waals surface area contributed by atoms with Gasteiger partial charge >= 0.3 is 5.97 Å². The van der Waals surface area contributed by atoms with Crippen molar-refractivity contribution in [3.63, 3.8) is 0 Å². The maximum Gasteiger partial charge on any atom is 0.324 e. The average Bonchev–Trinajstić information content (AvgIpc) is 2.60. The van der Waals surface area contributed by atoms with Gasteiger partial charge in [-0.15, -0.1) is 11.8 Å². The van der Waals surface area contributed by atoms with Crippen molar-refractivity contribution in [3.05, 3.63) is 29.6 Å². The van der Waals surface area contributed by atoms with Crippen LogP contribution < -0.4 is 0 Å². The number of pyridine rings is 1. The first-order valence-electron chi connectivity index (χ1n) is 3.96. The lowest BCUT2D eigenvalue weighted by Gasteiger charge is -2.05. The molecule has 4 heteroatoms. The molecule has 0 N–H and O–H groups in total. The van der Waals surface area contributed by atoms with Crippen LogP contribution in [0.5, 0.6) is 0 Å². The van der Waals surface area contributed by atoms with Crippen molar-refractivity contribution in [2.75, 3.05) is 7.11 Å². The molecule has 0 bridgehead atoms. The van der Waals surface area contributed by atoms with Crippen molar-refractivity contribution in [2.24, 2.45) is 0 Å². The number of aromatic nitrogens is 1. The number of esters is 1. The molecule has 68 valence electrons. The predicted molar refractivity (Wildman–Crippen MR) is 50.3 cm³/mol. The molecule has 0 amide bonds. The predicted octanol–water partition coefficient (Wildman–Crippen LogP) is 1.54. The first-order valence-corrected chi connectivity index (χ1v) is 5.01. The summed E-state index contributed by atoms with van der Waals surface area (Å²) in [6.45, 7) is 0. The Kier molecular flexibility index (Phi) is 2.22. The van der Waals surface area contributed by atoms with E-state index in [1.807, 2.05) is 12.1 Å². The van der Waals surface area contributed by atoms with E-state index in [9.17, 15) is 4.79 Å². The highest BCUT2D eigenvalue weighted by atomic mass is 32.2. The summed E-state index contributed by atoms with van der Waals surface area (Å²) in [7, 11) is 1.41. The van der Waals surface area contributed by atoms with Crippen LogP contribution in [0.25, 0.3) is 0 Å². The minimum atomic E-state index is -0.221. The van der Waals surface area contributed by atoms with Gasteiger partial charge in [-0.2, -0.15) is 0 Å². The molecule has 13 heavy (non-hydrogen) atoms. The molecule has 0 saturated heterocycles. The Morgan fingerprint density at radius 2 is 2.62 bits per heavy atom. The SMILES string of the molecule is COC(=O)C1SCc2cccnc21. The highest BCUT2D eigenvalue weighted by molar-refractivity contribution is 7.99. The maximum absolute atomic E-state index is 11.3. The van der Waals surface area contributed by atoms with Crippen molar-refractivity contribution in [1.29, 1.82) is 0 Å². The molecule has 1 aliphatic rings. The number of carbonyl (C=O) groups excluding carboxylic acids is 1. The zero-order valence-electron chi connectivity index (χ0n) is 7.19. The Balaban J connectivity index is 2.33. The quantitative estimate of drug-likeness (QED) is 0.637. The Bertz CT molecular complexity index is 340. The van der Waals surface area contributed by atoms with Gasteiger partial charge < -0.3 is 4.74 Å². The van der Waals surface area contributed by atoms with E-state index in [4.69, 9.17) is 4.74 Å². The summed E-state index contributed by atoms with van der Waals surface area (Å²) >= 11 is 1.57. The van der Waals surface area contributed by atoms with Gasteiger partial charge in [0.15, 0.2) is 0 Å². The lowest BCUT2D eigenvalue weighted by Crippen LogP contribution is -2.09. The van der Waals surface area contributed by atoms with Crippen LogP contribution in [0, 0.1) is 0 Å². The van der Waals surface area contributed by atoms with Crippen molar-refractivity contribution in [2.45, 2.75) is 11.0 Å². The largest absolute Gasteiger partial charge is 0.468 e. The number of ether oxygens (including phenoxy) is 1. The highest BCUT2D eigenvalue weighted by Gasteiger charge is 2.30. The lowest BCUT2D eigenvalue weighted by molar-refractivity contribution is -0.140. The Labute approximate surface area is 80.5 Å². The number of hydrogen-bond donors (Lipinski definition) is 0. The van der Waals surface area contributed by atoms with Crippen LogP contribution in [-0.2, 0) is 15.3 Å². The van der Waals surface area contributed by atoms with E-state index in [0.29, 0.717) is 0 Å². The zero-order valence-corrected chi connectivity index (χ0v) is 8.00. The Hall–Kier alpha value is -1.03. The second-order valence-electron chi connectivity index (χ2n) is 2.76. The molecule has 1 aromatic rings. The molecular weight excluding hydrogens is 186 g/mol. The molecule has 0 aliphatic carbocycles. The summed E-state index contributed by atoms with van der Waals surface area (Å²) in [4.78, 5) is 15.5. The van der Waals surface area contributed by atoms with Gasteiger partial charge in [0.05, 0.1) is 12.8 Å². The average molecular weight is 195 g/mol.